The van der Waals surface area contributed by atoms with Gasteiger partial charge >= 0.3 is 0 Å². The van der Waals surface area contributed by atoms with Crippen molar-refractivity contribution in [1.82, 2.24) is 9.88 Å². The molecular formula is C23H25N3O3. The Morgan fingerprint density at radius 1 is 0.966 bits per heavy atom. The van der Waals surface area contributed by atoms with Gasteiger partial charge in [0, 0.05) is 32.5 Å². The molecule has 0 radical (unpaired) electrons. The summed E-state index contributed by atoms with van der Waals surface area (Å²) in [6.07, 6.45) is 3.29. The fourth-order valence-electron chi connectivity index (χ4n) is 3.00. The molecule has 0 aliphatic heterocycles. The van der Waals surface area contributed by atoms with Gasteiger partial charge in [-0.3, -0.25) is 9.78 Å². The molecule has 0 aliphatic rings. The van der Waals surface area contributed by atoms with Crippen molar-refractivity contribution in [2.75, 3.05) is 26.6 Å². The number of anilines is 1. The van der Waals surface area contributed by atoms with Crippen molar-refractivity contribution in [3.8, 4) is 11.5 Å². The number of methoxy groups -OCH3 is 2. The van der Waals surface area contributed by atoms with Gasteiger partial charge in [-0.05, 0) is 29.3 Å². The predicted octanol–water partition coefficient (Wildman–Crippen LogP) is 3.98. The van der Waals surface area contributed by atoms with Crippen LogP contribution in [0.15, 0.2) is 67.0 Å². The van der Waals surface area contributed by atoms with Gasteiger partial charge < -0.3 is 19.7 Å². The van der Waals surface area contributed by atoms with Crippen LogP contribution in [0.4, 0.5) is 5.69 Å². The molecule has 0 unspecified atom stereocenters. The molecule has 6 heteroatoms. The quantitative estimate of drug-likeness (QED) is 0.629. The highest BCUT2D eigenvalue weighted by Crippen LogP contribution is 2.27. The number of hydrogen-bond donors (Lipinski definition) is 1. The van der Waals surface area contributed by atoms with E-state index in [1.807, 2.05) is 54.6 Å². The Balaban J connectivity index is 1.65. The van der Waals surface area contributed by atoms with Gasteiger partial charge in [0.25, 0.3) is 5.91 Å². The molecule has 3 aromatic rings. The molecule has 0 atom stereocenters. The minimum atomic E-state index is -0.0730. The van der Waals surface area contributed by atoms with Gasteiger partial charge in [0.1, 0.15) is 0 Å². The summed E-state index contributed by atoms with van der Waals surface area (Å²) in [6, 6.07) is 17.5. The molecule has 0 fully saturated rings. The third-order valence-corrected chi connectivity index (χ3v) is 4.54. The van der Waals surface area contributed by atoms with Crippen molar-refractivity contribution in [2.24, 2.45) is 0 Å². The Labute approximate surface area is 171 Å². The molecule has 0 aliphatic carbocycles. The molecule has 0 spiro atoms. The van der Waals surface area contributed by atoms with Gasteiger partial charge in [-0.15, -0.1) is 0 Å². The van der Waals surface area contributed by atoms with Crippen molar-refractivity contribution in [2.45, 2.75) is 13.1 Å². The summed E-state index contributed by atoms with van der Waals surface area (Å²) in [6.45, 7) is 1.11. The van der Waals surface area contributed by atoms with Gasteiger partial charge in [-0.2, -0.15) is 0 Å². The number of nitrogens with zero attached hydrogens (tertiary/aromatic N) is 2. The summed E-state index contributed by atoms with van der Waals surface area (Å²) in [7, 11) is 5.01. The van der Waals surface area contributed by atoms with Crippen LogP contribution in [-0.2, 0) is 13.1 Å². The maximum Gasteiger partial charge on any atom is 0.255 e. The van der Waals surface area contributed by atoms with Gasteiger partial charge in [0.2, 0.25) is 0 Å². The predicted molar refractivity (Wildman–Crippen MR) is 113 cm³/mol. The standard InChI is InChI=1S/C23H25N3O3/c1-26(16-17-7-5-4-6-8-17)23(27)19-12-20(15-24-14-19)25-13-18-9-10-21(28-2)22(11-18)29-3/h4-12,14-15,25H,13,16H2,1-3H3. The number of aromatic nitrogens is 1. The van der Waals surface area contributed by atoms with Gasteiger partial charge in [0.15, 0.2) is 11.5 Å². The number of ether oxygens (including phenoxy) is 2. The summed E-state index contributed by atoms with van der Waals surface area (Å²) in [5, 5.41) is 3.30. The zero-order chi connectivity index (χ0) is 20.6. The van der Waals surface area contributed by atoms with Gasteiger partial charge in [-0.25, -0.2) is 0 Å². The second-order valence-corrected chi connectivity index (χ2v) is 6.65. The highest BCUT2D eigenvalue weighted by atomic mass is 16.5. The SMILES string of the molecule is COc1ccc(CNc2cncc(C(=O)N(C)Cc3ccccc3)c2)cc1OC. The number of nitrogens with one attached hydrogen (secondary N) is 1. The first-order valence-corrected chi connectivity index (χ1v) is 9.30. The van der Waals surface area contributed by atoms with Crippen LogP contribution in [0.25, 0.3) is 0 Å². The maximum absolute atomic E-state index is 12.8. The number of carbonyl (C=O) groups excluding carboxylic acids is 1. The third kappa shape index (κ3) is 5.25. The molecule has 2 aromatic carbocycles. The van der Waals surface area contributed by atoms with Crippen LogP contribution in [0.3, 0.4) is 0 Å². The molecule has 3 rings (SSSR count). The minimum absolute atomic E-state index is 0.0730. The van der Waals surface area contributed by atoms with E-state index >= 15 is 0 Å². The number of amides is 1. The molecule has 0 saturated carbocycles. The molecule has 29 heavy (non-hydrogen) atoms. The lowest BCUT2D eigenvalue weighted by Crippen LogP contribution is -2.26. The minimum Gasteiger partial charge on any atom is -0.493 e. The van der Waals surface area contributed by atoms with E-state index < -0.39 is 0 Å². The molecular weight excluding hydrogens is 366 g/mol. The maximum atomic E-state index is 12.8. The van der Waals surface area contributed by atoms with E-state index in [0.717, 1.165) is 16.8 Å². The Morgan fingerprint density at radius 2 is 1.72 bits per heavy atom. The number of benzene rings is 2. The lowest BCUT2D eigenvalue weighted by atomic mass is 10.1. The lowest BCUT2D eigenvalue weighted by Gasteiger charge is -2.18. The van der Waals surface area contributed by atoms with E-state index in [9.17, 15) is 4.79 Å². The lowest BCUT2D eigenvalue weighted by molar-refractivity contribution is 0.0784. The average Bonchev–Trinajstić information content (AvgIpc) is 2.77. The van der Waals surface area contributed by atoms with Crippen LogP contribution < -0.4 is 14.8 Å². The molecule has 0 saturated heterocycles. The number of pyridine rings is 1. The van der Waals surface area contributed by atoms with Crippen LogP contribution in [-0.4, -0.2) is 37.1 Å². The molecule has 1 amide bonds. The van der Waals surface area contributed by atoms with Crippen LogP contribution in [0.5, 0.6) is 11.5 Å². The first kappa shape index (κ1) is 20.2. The largest absolute Gasteiger partial charge is 0.493 e. The molecule has 1 N–H and O–H groups in total. The van der Waals surface area contributed by atoms with Crippen molar-refractivity contribution in [1.29, 1.82) is 0 Å². The van der Waals surface area contributed by atoms with Crippen molar-refractivity contribution >= 4 is 11.6 Å². The average molecular weight is 391 g/mol. The van der Waals surface area contributed by atoms with Gasteiger partial charge in [0.05, 0.1) is 25.5 Å². The van der Waals surface area contributed by atoms with Crippen molar-refractivity contribution in [3.63, 3.8) is 0 Å². The van der Waals surface area contributed by atoms with Crippen LogP contribution in [0.2, 0.25) is 0 Å². The molecule has 0 bridgehead atoms. The van der Waals surface area contributed by atoms with Crippen molar-refractivity contribution in [3.05, 3.63) is 83.7 Å². The first-order chi connectivity index (χ1) is 14.1. The van der Waals surface area contributed by atoms with E-state index in [2.05, 4.69) is 10.3 Å². The van der Waals surface area contributed by atoms with Crippen LogP contribution in [0, 0.1) is 0 Å². The van der Waals surface area contributed by atoms with Crippen molar-refractivity contribution < 1.29 is 14.3 Å². The van der Waals surface area contributed by atoms with E-state index in [4.69, 9.17) is 9.47 Å². The highest BCUT2D eigenvalue weighted by Gasteiger charge is 2.13. The summed E-state index contributed by atoms with van der Waals surface area (Å²) in [4.78, 5) is 18.7. The summed E-state index contributed by atoms with van der Waals surface area (Å²) < 4.78 is 10.6. The number of rotatable bonds is 8. The molecule has 150 valence electrons. The third-order valence-electron chi connectivity index (χ3n) is 4.54. The molecule has 1 heterocycles. The number of carbonyl (C=O) groups is 1. The fourth-order valence-corrected chi connectivity index (χ4v) is 3.00. The van der Waals surface area contributed by atoms with Crippen LogP contribution in [0.1, 0.15) is 21.5 Å². The summed E-state index contributed by atoms with van der Waals surface area (Å²) >= 11 is 0. The second-order valence-electron chi connectivity index (χ2n) is 6.65. The van der Waals surface area contributed by atoms with Gasteiger partial charge in [-0.1, -0.05) is 36.4 Å². The topological polar surface area (TPSA) is 63.7 Å². The van der Waals surface area contributed by atoms with E-state index in [1.54, 1.807) is 38.6 Å². The van der Waals surface area contributed by atoms with E-state index in [0.29, 0.717) is 30.2 Å². The van der Waals surface area contributed by atoms with E-state index in [-0.39, 0.29) is 5.91 Å². The molecule has 6 nitrogen and oxygen atoms in total. The molecule has 1 aromatic heterocycles. The Kier molecular flexibility index (Phi) is 6.68. The normalized spacial score (nSPS) is 10.3. The summed E-state index contributed by atoms with van der Waals surface area (Å²) in [5.74, 6) is 1.29. The second kappa shape index (κ2) is 9.59. The summed E-state index contributed by atoms with van der Waals surface area (Å²) in [5.41, 5.74) is 3.43. The fraction of sp³-hybridized carbons (Fsp3) is 0.217. The van der Waals surface area contributed by atoms with E-state index in [1.165, 1.54) is 0 Å². The first-order valence-electron chi connectivity index (χ1n) is 9.30. The number of hydrogen-bond acceptors (Lipinski definition) is 5. The van der Waals surface area contributed by atoms with Crippen LogP contribution >= 0.6 is 0 Å². The zero-order valence-corrected chi connectivity index (χ0v) is 16.9. The Hall–Kier alpha value is -3.54. The zero-order valence-electron chi connectivity index (χ0n) is 16.9. The Morgan fingerprint density at radius 3 is 2.45 bits per heavy atom. The Bertz CT molecular complexity index is 961. The monoisotopic (exact) mass is 391 g/mol. The smallest absolute Gasteiger partial charge is 0.255 e. The highest BCUT2D eigenvalue weighted by molar-refractivity contribution is 5.94.